The molecule has 2 rings (SSSR count). The van der Waals surface area contributed by atoms with Gasteiger partial charge in [0, 0.05) is 22.8 Å². The van der Waals surface area contributed by atoms with Crippen molar-refractivity contribution >= 4 is 26.2 Å². The molecule has 28 heavy (non-hydrogen) atoms. The molecular formula is C20H26O6S2. The molecular weight excluding hydrogens is 400 g/mol. The van der Waals surface area contributed by atoms with Crippen molar-refractivity contribution in [2.75, 3.05) is 24.7 Å². The summed E-state index contributed by atoms with van der Waals surface area (Å²) in [6.07, 6.45) is 0. The van der Waals surface area contributed by atoms with E-state index in [4.69, 9.17) is 3.63 Å². The average Bonchev–Trinajstić information content (AvgIpc) is 2.62. The number of aliphatic hydroxyl groups excluding tert-OH is 2. The summed E-state index contributed by atoms with van der Waals surface area (Å²) in [5.74, 6) is 0.156. The third-order valence-corrected chi connectivity index (χ3v) is 9.70. The van der Waals surface area contributed by atoms with Crippen molar-refractivity contribution in [2.45, 2.75) is 24.5 Å². The molecule has 0 amide bonds. The minimum Gasteiger partial charge on any atom is -0.395 e. The fraction of sp³-hybridized carbons (Fsp3) is 0.350. The molecule has 0 aliphatic carbocycles. The Hall–Kier alpha value is -1.71. The molecule has 154 valence electrons. The normalized spacial score (nSPS) is 12.7. The van der Waals surface area contributed by atoms with Gasteiger partial charge in [-0.15, -0.1) is 10.3 Å². The number of ketones is 1. The van der Waals surface area contributed by atoms with Gasteiger partial charge in [-0.3, -0.25) is 4.79 Å². The smallest absolute Gasteiger partial charge is 0.306 e. The second kappa shape index (κ2) is 9.67. The number of hydrogen-bond donors (Lipinski definition) is 2. The summed E-state index contributed by atoms with van der Waals surface area (Å²) in [5.41, 5.74) is 2.04. The molecule has 2 aromatic carbocycles. The van der Waals surface area contributed by atoms with Gasteiger partial charge in [0.2, 0.25) is 0 Å². The van der Waals surface area contributed by atoms with Crippen LogP contribution < -0.4 is 0 Å². The minimum atomic E-state index is -4.10. The highest BCUT2D eigenvalue weighted by atomic mass is 32.3. The first-order chi connectivity index (χ1) is 13.2. The number of carbonyl (C=O) groups is 1. The molecule has 0 aromatic heterocycles. The van der Waals surface area contributed by atoms with Crippen LogP contribution in [-0.4, -0.2) is 49.1 Å². The van der Waals surface area contributed by atoms with E-state index >= 15 is 0 Å². The van der Waals surface area contributed by atoms with Crippen LogP contribution in [0.25, 0.3) is 0 Å². The van der Waals surface area contributed by atoms with E-state index in [0.29, 0.717) is 11.1 Å². The topological polar surface area (TPSA) is 101 Å². The van der Waals surface area contributed by atoms with Crippen LogP contribution in [0.4, 0.5) is 0 Å². The summed E-state index contributed by atoms with van der Waals surface area (Å²) in [6.45, 7) is 2.71. The quantitative estimate of drug-likeness (QED) is 0.567. The molecule has 0 aliphatic heterocycles. The average molecular weight is 427 g/mol. The summed E-state index contributed by atoms with van der Waals surface area (Å²) in [6, 6.07) is 13.2. The van der Waals surface area contributed by atoms with E-state index in [0.717, 1.165) is 5.56 Å². The number of carbonyl (C=O) groups excluding carboxylic acids is 1. The molecule has 0 spiro atoms. The van der Waals surface area contributed by atoms with Gasteiger partial charge in [-0.25, -0.2) is 3.63 Å². The predicted octanol–water partition coefficient (Wildman–Crippen LogP) is 2.81. The Morgan fingerprint density at radius 2 is 1.54 bits per heavy atom. The number of rotatable bonds is 10. The molecule has 2 N–H and O–H groups in total. The Labute approximate surface area is 167 Å². The molecule has 0 fully saturated rings. The highest BCUT2D eigenvalue weighted by Gasteiger charge is 2.33. The van der Waals surface area contributed by atoms with E-state index < -0.39 is 20.4 Å². The lowest BCUT2D eigenvalue weighted by Gasteiger charge is -2.38. The van der Waals surface area contributed by atoms with Crippen LogP contribution in [0.5, 0.6) is 0 Å². The Bertz CT molecular complexity index is 901. The van der Waals surface area contributed by atoms with E-state index in [1.807, 2.05) is 6.92 Å². The second-order valence-electron chi connectivity index (χ2n) is 6.51. The fourth-order valence-electron chi connectivity index (χ4n) is 2.88. The van der Waals surface area contributed by atoms with Crippen molar-refractivity contribution in [3.63, 3.8) is 0 Å². The Morgan fingerprint density at radius 1 is 0.964 bits per heavy atom. The fourth-order valence-corrected chi connectivity index (χ4v) is 7.90. The van der Waals surface area contributed by atoms with Crippen molar-refractivity contribution in [3.8, 4) is 0 Å². The monoisotopic (exact) mass is 426 g/mol. The van der Waals surface area contributed by atoms with Crippen LogP contribution in [0, 0.1) is 6.92 Å². The lowest BCUT2D eigenvalue weighted by atomic mass is 10.1. The molecule has 0 atom stereocenters. The summed E-state index contributed by atoms with van der Waals surface area (Å²) in [4.78, 5) is 12.0. The number of Topliss-reactive ketones (excluding diaryl/α,β-unsaturated/α-hetero) is 1. The Kier molecular flexibility index (Phi) is 7.79. The molecule has 6 nitrogen and oxygen atoms in total. The van der Waals surface area contributed by atoms with Gasteiger partial charge in [0.1, 0.15) is 0 Å². The number of benzene rings is 2. The van der Waals surface area contributed by atoms with Crippen molar-refractivity contribution in [3.05, 3.63) is 65.2 Å². The summed E-state index contributed by atoms with van der Waals surface area (Å²) >= 11 is 0. The number of hydrogen-bond acceptors (Lipinski definition) is 6. The highest BCUT2D eigenvalue weighted by Crippen LogP contribution is 2.54. The van der Waals surface area contributed by atoms with E-state index in [1.165, 1.54) is 19.1 Å². The maximum Gasteiger partial charge on any atom is 0.306 e. The van der Waals surface area contributed by atoms with Crippen LogP contribution in [0.2, 0.25) is 0 Å². The van der Waals surface area contributed by atoms with Crippen molar-refractivity contribution < 1.29 is 27.1 Å². The van der Waals surface area contributed by atoms with E-state index in [1.54, 1.807) is 36.4 Å². The van der Waals surface area contributed by atoms with Gasteiger partial charge in [0.25, 0.3) is 0 Å². The predicted molar refractivity (Wildman–Crippen MR) is 111 cm³/mol. The maximum absolute atomic E-state index is 12.9. The SMILES string of the molecule is CC(=O)c1ccccc1CS(CCO)(CCO)OS(=O)(=O)c1ccc(C)cc1. The number of aryl methyl sites for hydroxylation is 1. The molecule has 0 saturated heterocycles. The second-order valence-corrected chi connectivity index (χ2v) is 11.5. The zero-order valence-electron chi connectivity index (χ0n) is 16.0. The first-order valence-electron chi connectivity index (χ1n) is 8.83. The van der Waals surface area contributed by atoms with Gasteiger partial charge in [0.05, 0.1) is 18.1 Å². The highest BCUT2D eigenvalue weighted by molar-refractivity contribution is 8.32. The van der Waals surface area contributed by atoms with Gasteiger partial charge in [-0.05, 0) is 31.5 Å². The van der Waals surface area contributed by atoms with E-state index in [-0.39, 0.29) is 41.2 Å². The van der Waals surface area contributed by atoms with Crippen molar-refractivity contribution in [1.29, 1.82) is 0 Å². The van der Waals surface area contributed by atoms with Crippen LogP contribution in [0.15, 0.2) is 53.4 Å². The molecule has 0 unspecified atom stereocenters. The standard InChI is InChI=1S/C20H26O6S2/c1-16-7-9-19(10-8-16)28(24,25)26-27(13-11-21,14-12-22)15-18-5-3-4-6-20(18)17(2)23/h3-10,21-22H,11-15H2,1-2H3. The van der Waals surface area contributed by atoms with Crippen molar-refractivity contribution in [2.24, 2.45) is 0 Å². The Balaban J connectivity index is 2.46. The summed E-state index contributed by atoms with van der Waals surface area (Å²) in [7, 11) is -6.56. The lowest BCUT2D eigenvalue weighted by Crippen LogP contribution is -2.23. The van der Waals surface area contributed by atoms with Crippen molar-refractivity contribution in [1.82, 2.24) is 0 Å². The molecule has 0 heterocycles. The molecule has 0 bridgehead atoms. The van der Waals surface area contributed by atoms with Gasteiger partial charge in [-0.2, -0.15) is 8.42 Å². The van der Waals surface area contributed by atoms with Crippen LogP contribution in [0.1, 0.15) is 28.4 Å². The number of aliphatic hydroxyl groups is 2. The molecule has 8 heteroatoms. The van der Waals surface area contributed by atoms with Crippen LogP contribution >= 0.6 is 10.3 Å². The van der Waals surface area contributed by atoms with Gasteiger partial charge >= 0.3 is 10.1 Å². The third kappa shape index (κ3) is 5.65. The summed E-state index contributed by atoms with van der Waals surface area (Å²) in [5, 5.41) is 19.2. The molecule has 0 aliphatic rings. The lowest BCUT2D eigenvalue weighted by molar-refractivity contribution is 0.101. The molecule has 0 saturated carbocycles. The zero-order valence-corrected chi connectivity index (χ0v) is 17.6. The molecule has 2 aromatic rings. The van der Waals surface area contributed by atoms with Gasteiger partial charge in [0.15, 0.2) is 5.78 Å². The van der Waals surface area contributed by atoms with E-state index in [2.05, 4.69) is 0 Å². The minimum absolute atomic E-state index is 0.0192. The first-order valence-corrected chi connectivity index (χ1v) is 12.3. The summed E-state index contributed by atoms with van der Waals surface area (Å²) < 4.78 is 31.5. The Morgan fingerprint density at radius 3 is 2.07 bits per heavy atom. The van der Waals surface area contributed by atoms with Gasteiger partial charge < -0.3 is 10.2 Å². The van der Waals surface area contributed by atoms with Gasteiger partial charge in [-0.1, -0.05) is 42.0 Å². The largest absolute Gasteiger partial charge is 0.395 e. The maximum atomic E-state index is 12.9. The zero-order chi connectivity index (χ0) is 20.8. The van der Waals surface area contributed by atoms with Crippen LogP contribution in [0.3, 0.4) is 0 Å². The van der Waals surface area contributed by atoms with E-state index in [9.17, 15) is 23.4 Å². The molecule has 0 radical (unpaired) electrons. The first kappa shape index (κ1) is 22.6. The third-order valence-electron chi connectivity index (χ3n) is 4.29. The van der Waals surface area contributed by atoms with Crippen LogP contribution in [-0.2, 0) is 19.5 Å².